The van der Waals surface area contributed by atoms with Crippen LogP contribution in [0.4, 0.5) is 5.69 Å². The summed E-state index contributed by atoms with van der Waals surface area (Å²) in [6.45, 7) is 4.93. The molecule has 0 fully saturated rings. The lowest BCUT2D eigenvalue weighted by Crippen LogP contribution is -2.05. The van der Waals surface area contributed by atoms with E-state index in [1.54, 1.807) is 12.1 Å². The van der Waals surface area contributed by atoms with Crippen LogP contribution in [-0.2, 0) is 18.3 Å². The zero-order valence-electron chi connectivity index (χ0n) is 12.9. The fourth-order valence-electron chi connectivity index (χ4n) is 2.25. The number of nitrogens with one attached hydrogen (secondary N) is 1. The van der Waals surface area contributed by atoms with Crippen molar-refractivity contribution in [3.63, 3.8) is 0 Å². The minimum Gasteiger partial charge on any atom is -0.465 e. The molecule has 0 radical (unpaired) electrons. The van der Waals surface area contributed by atoms with Gasteiger partial charge in [0.25, 0.3) is 0 Å². The van der Waals surface area contributed by atoms with Gasteiger partial charge in [0.15, 0.2) is 0 Å². The number of benzene rings is 1. The number of carbonyl (C=O) groups excluding carboxylic acids is 1. The Labute approximate surface area is 124 Å². The van der Waals surface area contributed by atoms with Crippen LogP contribution in [0.1, 0.15) is 41.4 Å². The van der Waals surface area contributed by atoms with Gasteiger partial charge in [-0.3, -0.25) is 4.68 Å². The summed E-state index contributed by atoms with van der Waals surface area (Å²) in [5, 5.41) is 7.81. The molecule has 2 aromatic rings. The summed E-state index contributed by atoms with van der Waals surface area (Å²) >= 11 is 0. The second-order valence-electron chi connectivity index (χ2n) is 5.29. The van der Waals surface area contributed by atoms with Crippen LogP contribution < -0.4 is 5.32 Å². The number of hydrogen-bond acceptors (Lipinski definition) is 4. The van der Waals surface area contributed by atoms with Gasteiger partial charge in [-0.2, -0.15) is 5.10 Å². The Morgan fingerprint density at radius 3 is 2.86 bits per heavy atom. The molecule has 0 aliphatic heterocycles. The van der Waals surface area contributed by atoms with Gasteiger partial charge in [0.05, 0.1) is 18.4 Å². The van der Waals surface area contributed by atoms with E-state index in [1.807, 2.05) is 30.1 Å². The van der Waals surface area contributed by atoms with E-state index in [9.17, 15) is 4.79 Å². The Balaban J connectivity index is 2.11. The lowest BCUT2D eigenvalue weighted by atomic mass is 10.1. The molecule has 0 aliphatic carbocycles. The van der Waals surface area contributed by atoms with Gasteiger partial charge in [0.2, 0.25) is 0 Å². The van der Waals surface area contributed by atoms with E-state index in [1.165, 1.54) is 7.11 Å². The zero-order chi connectivity index (χ0) is 15.4. The van der Waals surface area contributed by atoms with Crippen LogP contribution in [0.3, 0.4) is 0 Å². The second-order valence-corrected chi connectivity index (χ2v) is 5.29. The Kier molecular flexibility index (Phi) is 4.62. The van der Waals surface area contributed by atoms with Crippen molar-refractivity contribution in [1.29, 1.82) is 0 Å². The molecule has 21 heavy (non-hydrogen) atoms. The van der Waals surface area contributed by atoms with Crippen LogP contribution in [0.2, 0.25) is 0 Å². The summed E-state index contributed by atoms with van der Waals surface area (Å²) in [5.74, 6) is 0.0484. The van der Waals surface area contributed by atoms with Crippen LogP contribution in [0.15, 0.2) is 30.5 Å². The van der Waals surface area contributed by atoms with Crippen molar-refractivity contribution in [3.05, 3.63) is 47.3 Å². The SMILES string of the molecule is COC(=O)c1cccc(NCc2cn(C)nc2C(C)C)c1. The monoisotopic (exact) mass is 287 g/mol. The first kappa shape index (κ1) is 15.1. The van der Waals surface area contributed by atoms with E-state index in [0.717, 1.165) is 16.9 Å². The summed E-state index contributed by atoms with van der Waals surface area (Å²) in [7, 11) is 3.31. The standard InChI is InChI=1S/C16H21N3O2/c1-11(2)15-13(10-19(3)18-15)9-17-14-7-5-6-12(8-14)16(20)21-4/h5-8,10-11,17H,9H2,1-4H3. The molecule has 1 aromatic carbocycles. The van der Waals surface area contributed by atoms with E-state index in [4.69, 9.17) is 4.74 Å². The van der Waals surface area contributed by atoms with Crippen LogP contribution in [0.5, 0.6) is 0 Å². The van der Waals surface area contributed by atoms with Gasteiger partial charge in [-0.15, -0.1) is 0 Å². The van der Waals surface area contributed by atoms with Crippen molar-refractivity contribution in [1.82, 2.24) is 9.78 Å². The van der Waals surface area contributed by atoms with Gasteiger partial charge < -0.3 is 10.1 Å². The van der Waals surface area contributed by atoms with E-state index < -0.39 is 0 Å². The molecule has 5 heteroatoms. The van der Waals surface area contributed by atoms with Crippen LogP contribution in [-0.4, -0.2) is 22.9 Å². The quantitative estimate of drug-likeness (QED) is 0.859. The number of hydrogen-bond donors (Lipinski definition) is 1. The first-order valence-corrected chi connectivity index (χ1v) is 6.96. The van der Waals surface area contributed by atoms with Crippen LogP contribution in [0.25, 0.3) is 0 Å². The maximum Gasteiger partial charge on any atom is 0.337 e. The molecular formula is C16H21N3O2. The Morgan fingerprint density at radius 1 is 1.43 bits per heavy atom. The fraction of sp³-hybridized carbons (Fsp3) is 0.375. The van der Waals surface area contributed by atoms with E-state index >= 15 is 0 Å². The smallest absolute Gasteiger partial charge is 0.337 e. The fourth-order valence-corrected chi connectivity index (χ4v) is 2.25. The highest BCUT2D eigenvalue weighted by Gasteiger charge is 2.11. The maximum atomic E-state index is 11.5. The Morgan fingerprint density at radius 2 is 2.19 bits per heavy atom. The largest absolute Gasteiger partial charge is 0.465 e. The van der Waals surface area contributed by atoms with Crippen molar-refractivity contribution in [2.24, 2.45) is 7.05 Å². The number of esters is 1. The molecule has 0 saturated heterocycles. The predicted octanol–water partition coefficient (Wildman–Crippen LogP) is 2.94. The summed E-state index contributed by atoms with van der Waals surface area (Å²) in [5.41, 5.74) is 3.68. The van der Waals surface area contributed by atoms with Crippen molar-refractivity contribution in [2.75, 3.05) is 12.4 Å². The predicted molar refractivity (Wildman–Crippen MR) is 82.4 cm³/mol. The first-order valence-electron chi connectivity index (χ1n) is 6.96. The highest BCUT2D eigenvalue weighted by molar-refractivity contribution is 5.90. The van der Waals surface area contributed by atoms with E-state index in [2.05, 4.69) is 24.3 Å². The minimum absolute atomic E-state index is 0.331. The average molecular weight is 287 g/mol. The average Bonchev–Trinajstić information content (AvgIpc) is 2.86. The van der Waals surface area contributed by atoms with Gasteiger partial charge in [-0.05, 0) is 24.1 Å². The molecule has 1 heterocycles. The summed E-state index contributed by atoms with van der Waals surface area (Å²) in [6.07, 6.45) is 2.02. The normalized spacial score (nSPS) is 10.7. The van der Waals surface area contributed by atoms with Crippen molar-refractivity contribution in [3.8, 4) is 0 Å². The molecule has 1 aromatic heterocycles. The molecule has 5 nitrogen and oxygen atoms in total. The van der Waals surface area contributed by atoms with E-state index in [-0.39, 0.29) is 5.97 Å². The summed E-state index contributed by atoms with van der Waals surface area (Å²) in [4.78, 5) is 11.5. The van der Waals surface area contributed by atoms with Crippen molar-refractivity contribution in [2.45, 2.75) is 26.3 Å². The number of ether oxygens (including phenoxy) is 1. The molecular weight excluding hydrogens is 266 g/mol. The highest BCUT2D eigenvalue weighted by atomic mass is 16.5. The molecule has 1 N–H and O–H groups in total. The molecule has 0 atom stereocenters. The van der Waals surface area contributed by atoms with Gasteiger partial charge in [-0.1, -0.05) is 19.9 Å². The number of aromatic nitrogens is 2. The Bertz CT molecular complexity index is 632. The molecule has 0 amide bonds. The van der Waals surface area contributed by atoms with Crippen LogP contribution in [0, 0.1) is 0 Å². The van der Waals surface area contributed by atoms with Crippen LogP contribution >= 0.6 is 0 Å². The number of nitrogens with zero attached hydrogens (tertiary/aromatic N) is 2. The minimum atomic E-state index is -0.331. The van der Waals surface area contributed by atoms with Gasteiger partial charge in [0, 0.05) is 31.0 Å². The molecule has 0 aliphatic rings. The third kappa shape index (κ3) is 3.62. The topological polar surface area (TPSA) is 56.1 Å². The van der Waals surface area contributed by atoms with E-state index in [0.29, 0.717) is 18.0 Å². The van der Waals surface area contributed by atoms with Crippen molar-refractivity contribution < 1.29 is 9.53 Å². The Hall–Kier alpha value is -2.30. The third-order valence-electron chi connectivity index (χ3n) is 3.25. The molecule has 112 valence electrons. The van der Waals surface area contributed by atoms with Gasteiger partial charge in [-0.25, -0.2) is 4.79 Å². The van der Waals surface area contributed by atoms with Crippen molar-refractivity contribution >= 4 is 11.7 Å². The molecule has 0 spiro atoms. The zero-order valence-corrected chi connectivity index (χ0v) is 12.9. The number of anilines is 1. The lowest BCUT2D eigenvalue weighted by Gasteiger charge is -2.09. The highest BCUT2D eigenvalue weighted by Crippen LogP contribution is 2.19. The lowest BCUT2D eigenvalue weighted by molar-refractivity contribution is 0.0601. The van der Waals surface area contributed by atoms with Gasteiger partial charge >= 0.3 is 5.97 Å². The third-order valence-corrected chi connectivity index (χ3v) is 3.25. The number of aryl methyl sites for hydroxylation is 1. The number of carbonyl (C=O) groups is 1. The molecule has 0 unspecified atom stereocenters. The summed E-state index contributed by atoms with van der Waals surface area (Å²) < 4.78 is 6.56. The second kappa shape index (κ2) is 6.43. The maximum absolute atomic E-state index is 11.5. The summed E-state index contributed by atoms with van der Waals surface area (Å²) in [6, 6.07) is 7.29. The molecule has 0 saturated carbocycles. The molecule has 0 bridgehead atoms. The number of rotatable bonds is 5. The van der Waals surface area contributed by atoms with Gasteiger partial charge in [0.1, 0.15) is 0 Å². The molecule has 2 rings (SSSR count). The number of methoxy groups -OCH3 is 1. The first-order chi connectivity index (χ1) is 10.0.